The Morgan fingerprint density at radius 1 is 1.44 bits per heavy atom. The Morgan fingerprint density at radius 3 is 2.83 bits per heavy atom. The number of alkyl halides is 3. The summed E-state index contributed by atoms with van der Waals surface area (Å²) in [6.45, 7) is 0.783. The number of benzene rings is 1. The molecule has 2 aromatic rings. The van der Waals surface area contributed by atoms with Gasteiger partial charge in [0.25, 0.3) is 0 Å². The Balaban J connectivity index is 2.27. The molecule has 4 nitrogen and oxygen atoms in total. The molecular weight excluding hydrogens is 249 g/mol. The van der Waals surface area contributed by atoms with Gasteiger partial charge in [-0.25, -0.2) is 4.79 Å². The molecule has 0 aliphatic carbocycles. The fourth-order valence-electron chi connectivity index (χ4n) is 1.43. The van der Waals surface area contributed by atoms with Crippen LogP contribution in [0, 0.1) is 0 Å². The van der Waals surface area contributed by atoms with Crippen molar-refractivity contribution in [2.24, 2.45) is 0 Å². The van der Waals surface area contributed by atoms with Crippen LogP contribution in [-0.2, 0) is 4.74 Å². The van der Waals surface area contributed by atoms with E-state index in [0.29, 0.717) is 10.9 Å². The van der Waals surface area contributed by atoms with E-state index in [4.69, 9.17) is 0 Å². The molecule has 0 spiro atoms. The van der Waals surface area contributed by atoms with Crippen molar-refractivity contribution in [3.8, 4) is 0 Å². The van der Waals surface area contributed by atoms with E-state index >= 15 is 0 Å². The monoisotopic (exact) mass is 258 g/mol. The first kappa shape index (κ1) is 12.4. The third-order valence-corrected chi connectivity index (χ3v) is 2.44. The van der Waals surface area contributed by atoms with Crippen molar-refractivity contribution in [1.82, 2.24) is 10.2 Å². The lowest BCUT2D eigenvalue weighted by atomic mass is 10.1. The number of hydrogen-bond acceptors (Lipinski definition) is 3. The molecule has 0 aliphatic heterocycles. The highest BCUT2D eigenvalue weighted by atomic mass is 19.4. The predicted octanol–water partition coefficient (Wildman–Crippen LogP) is 2.67. The van der Waals surface area contributed by atoms with Gasteiger partial charge in [-0.2, -0.15) is 18.3 Å². The van der Waals surface area contributed by atoms with E-state index in [1.807, 2.05) is 0 Å². The first-order valence-corrected chi connectivity index (χ1v) is 5.09. The molecule has 1 atom stereocenters. The minimum absolute atomic E-state index is 0.0288. The van der Waals surface area contributed by atoms with Gasteiger partial charge in [0.15, 0.2) is 6.10 Å². The van der Waals surface area contributed by atoms with E-state index in [1.54, 1.807) is 12.1 Å². The molecule has 0 aliphatic rings. The summed E-state index contributed by atoms with van der Waals surface area (Å²) in [5.41, 5.74) is 0.387. The summed E-state index contributed by atoms with van der Waals surface area (Å²) in [6, 6.07) is 4.61. The maximum atomic E-state index is 12.3. The van der Waals surface area contributed by atoms with Gasteiger partial charge >= 0.3 is 12.1 Å². The van der Waals surface area contributed by atoms with Crippen molar-refractivity contribution >= 4 is 16.9 Å². The Hall–Kier alpha value is -2.05. The number of hydrogen-bond donors (Lipinski definition) is 1. The van der Waals surface area contributed by atoms with E-state index in [0.717, 1.165) is 6.92 Å². The zero-order valence-corrected chi connectivity index (χ0v) is 9.28. The van der Waals surface area contributed by atoms with Gasteiger partial charge in [-0.3, -0.25) is 5.10 Å². The van der Waals surface area contributed by atoms with Crippen molar-refractivity contribution < 1.29 is 22.7 Å². The van der Waals surface area contributed by atoms with Gasteiger partial charge in [0.05, 0.1) is 17.3 Å². The minimum Gasteiger partial charge on any atom is -0.449 e. The number of nitrogens with one attached hydrogen (secondary N) is 1. The fourth-order valence-corrected chi connectivity index (χ4v) is 1.43. The van der Waals surface area contributed by atoms with E-state index in [1.165, 1.54) is 12.3 Å². The SMILES string of the molecule is CC(OC(=O)c1cccc2cn[nH]c12)C(F)(F)F. The molecule has 1 unspecified atom stereocenters. The van der Waals surface area contributed by atoms with Gasteiger partial charge < -0.3 is 4.74 Å². The van der Waals surface area contributed by atoms with Crippen molar-refractivity contribution in [3.63, 3.8) is 0 Å². The number of carbonyl (C=O) groups is 1. The van der Waals surface area contributed by atoms with Crippen LogP contribution in [-0.4, -0.2) is 28.4 Å². The summed E-state index contributed by atoms with van der Waals surface area (Å²) >= 11 is 0. The highest BCUT2D eigenvalue weighted by molar-refractivity contribution is 6.02. The van der Waals surface area contributed by atoms with Gasteiger partial charge in [-0.15, -0.1) is 0 Å². The third-order valence-electron chi connectivity index (χ3n) is 2.44. The zero-order chi connectivity index (χ0) is 13.3. The van der Waals surface area contributed by atoms with Gasteiger partial charge in [-0.05, 0) is 13.0 Å². The van der Waals surface area contributed by atoms with Crippen molar-refractivity contribution in [3.05, 3.63) is 30.0 Å². The number of carbonyl (C=O) groups excluding carboxylic acids is 1. The van der Waals surface area contributed by atoms with Crippen LogP contribution < -0.4 is 0 Å². The Labute approximate surface area is 99.7 Å². The predicted molar refractivity (Wildman–Crippen MR) is 57.0 cm³/mol. The Morgan fingerprint density at radius 2 is 2.17 bits per heavy atom. The van der Waals surface area contributed by atoms with Gasteiger partial charge in [0.2, 0.25) is 0 Å². The van der Waals surface area contributed by atoms with E-state index in [-0.39, 0.29) is 5.56 Å². The van der Waals surface area contributed by atoms with E-state index in [2.05, 4.69) is 14.9 Å². The molecule has 96 valence electrons. The number of fused-ring (bicyclic) bond motifs is 1. The lowest BCUT2D eigenvalue weighted by molar-refractivity contribution is -0.198. The zero-order valence-electron chi connectivity index (χ0n) is 9.28. The maximum absolute atomic E-state index is 12.3. The topological polar surface area (TPSA) is 55.0 Å². The second-order valence-electron chi connectivity index (χ2n) is 3.73. The second kappa shape index (κ2) is 4.32. The molecule has 2 rings (SSSR count). The maximum Gasteiger partial charge on any atom is 0.425 e. The number of aromatic amines is 1. The molecule has 0 amide bonds. The first-order chi connectivity index (χ1) is 8.39. The molecular formula is C11H9F3N2O2. The summed E-state index contributed by atoms with van der Waals surface area (Å²) in [5, 5.41) is 6.90. The summed E-state index contributed by atoms with van der Waals surface area (Å²) in [4.78, 5) is 11.6. The lowest BCUT2D eigenvalue weighted by Crippen LogP contribution is -2.30. The molecule has 0 saturated heterocycles. The summed E-state index contributed by atoms with van der Waals surface area (Å²) < 4.78 is 41.2. The average Bonchev–Trinajstić information content (AvgIpc) is 2.74. The number of rotatable bonds is 2. The van der Waals surface area contributed by atoms with Crippen LogP contribution in [0.4, 0.5) is 13.2 Å². The number of H-pyrrole nitrogens is 1. The number of para-hydroxylation sites is 1. The van der Waals surface area contributed by atoms with Crippen LogP contribution in [0.5, 0.6) is 0 Å². The number of ether oxygens (including phenoxy) is 1. The average molecular weight is 258 g/mol. The first-order valence-electron chi connectivity index (χ1n) is 5.09. The highest BCUT2D eigenvalue weighted by Gasteiger charge is 2.39. The van der Waals surface area contributed by atoms with E-state index in [9.17, 15) is 18.0 Å². The Bertz CT molecular complexity index is 577. The van der Waals surface area contributed by atoms with Crippen LogP contribution >= 0.6 is 0 Å². The minimum atomic E-state index is -4.57. The quantitative estimate of drug-likeness (QED) is 0.842. The second-order valence-corrected chi connectivity index (χ2v) is 3.73. The molecule has 0 radical (unpaired) electrons. The van der Waals surface area contributed by atoms with E-state index < -0.39 is 18.2 Å². The number of esters is 1. The smallest absolute Gasteiger partial charge is 0.425 e. The van der Waals surface area contributed by atoms with Gasteiger partial charge in [0, 0.05) is 5.39 Å². The summed E-state index contributed by atoms with van der Waals surface area (Å²) in [5.74, 6) is -1.03. The third kappa shape index (κ3) is 2.29. The molecule has 1 N–H and O–H groups in total. The number of nitrogens with zero attached hydrogens (tertiary/aromatic N) is 1. The molecule has 0 fully saturated rings. The van der Waals surface area contributed by atoms with Crippen LogP contribution in [0.15, 0.2) is 24.4 Å². The molecule has 7 heteroatoms. The summed E-state index contributed by atoms with van der Waals surface area (Å²) in [7, 11) is 0. The van der Waals surface area contributed by atoms with Crippen molar-refractivity contribution in [2.45, 2.75) is 19.2 Å². The standard InChI is InChI=1S/C11H9F3N2O2/c1-6(11(12,13)14)18-10(17)8-4-2-3-7-5-15-16-9(7)8/h2-6H,1H3,(H,15,16). The van der Waals surface area contributed by atoms with Crippen LogP contribution in [0.3, 0.4) is 0 Å². The lowest BCUT2D eigenvalue weighted by Gasteiger charge is -2.16. The highest BCUT2D eigenvalue weighted by Crippen LogP contribution is 2.24. The van der Waals surface area contributed by atoms with Crippen molar-refractivity contribution in [1.29, 1.82) is 0 Å². The van der Waals surface area contributed by atoms with Gasteiger partial charge in [-0.1, -0.05) is 12.1 Å². The molecule has 0 bridgehead atoms. The number of halogens is 3. The summed E-state index contributed by atoms with van der Waals surface area (Å²) in [6.07, 6.45) is -5.25. The largest absolute Gasteiger partial charge is 0.449 e. The molecule has 1 aromatic heterocycles. The normalized spacial score (nSPS) is 13.6. The van der Waals surface area contributed by atoms with Crippen LogP contribution in [0.1, 0.15) is 17.3 Å². The fraction of sp³-hybridized carbons (Fsp3) is 0.273. The van der Waals surface area contributed by atoms with Crippen molar-refractivity contribution in [2.75, 3.05) is 0 Å². The van der Waals surface area contributed by atoms with Gasteiger partial charge in [0.1, 0.15) is 0 Å². The number of aromatic nitrogens is 2. The van der Waals surface area contributed by atoms with Crippen LogP contribution in [0.25, 0.3) is 10.9 Å². The molecule has 1 heterocycles. The van der Waals surface area contributed by atoms with Crippen LogP contribution in [0.2, 0.25) is 0 Å². The molecule has 1 aromatic carbocycles. The molecule has 18 heavy (non-hydrogen) atoms. The molecule has 0 saturated carbocycles. The Kier molecular flexibility index (Phi) is 2.98.